The molecule has 0 aliphatic heterocycles. The van der Waals surface area contributed by atoms with Gasteiger partial charge in [0.1, 0.15) is 5.78 Å². The van der Waals surface area contributed by atoms with Crippen molar-refractivity contribution in [3.8, 4) is 0 Å². The highest BCUT2D eigenvalue weighted by molar-refractivity contribution is 7.99. The molecule has 1 rings (SSSR count). The van der Waals surface area contributed by atoms with Crippen LogP contribution in [0.5, 0.6) is 0 Å². The summed E-state index contributed by atoms with van der Waals surface area (Å²) in [6.45, 7) is 2.06. The summed E-state index contributed by atoms with van der Waals surface area (Å²) in [6.07, 6.45) is 1.07. The molecule has 102 valence electrons. The van der Waals surface area contributed by atoms with Gasteiger partial charge in [-0.3, -0.25) is 14.4 Å². The number of amides is 1. The molecular formula is C12H19NO4S. The third-order valence-electron chi connectivity index (χ3n) is 3.02. The number of hydrogen-bond donors (Lipinski definition) is 1. The Labute approximate surface area is 111 Å². The molecule has 0 saturated heterocycles. The standard InChI is InChI=1S/C12H19NO4S/c1-8(14)13-5-6-18-7-10-9(12(16)17-2)3-4-11(10)15/h9-10H,3-7H2,1-2H3,(H,13,14). The molecule has 0 aromatic rings. The molecule has 0 aromatic carbocycles. The van der Waals surface area contributed by atoms with Gasteiger partial charge in [0.15, 0.2) is 0 Å². The van der Waals surface area contributed by atoms with Crippen molar-refractivity contribution in [1.29, 1.82) is 0 Å². The summed E-state index contributed by atoms with van der Waals surface area (Å²) >= 11 is 1.58. The first-order valence-electron chi connectivity index (χ1n) is 5.99. The summed E-state index contributed by atoms with van der Waals surface area (Å²) in [5, 5.41) is 2.69. The maximum absolute atomic E-state index is 11.7. The summed E-state index contributed by atoms with van der Waals surface area (Å²) in [5.41, 5.74) is 0. The van der Waals surface area contributed by atoms with Crippen molar-refractivity contribution >= 4 is 29.4 Å². The van der Waals surface area contributed by atoms with Crippen molar-refractivity contribution in [2.45, 2.75) is 19.8 Å². The van der Waals surface area contributed by atoms with Crippen LogP contribution in [0.4, 0.5) is 0 Å². The molecule has 2 atom stereocenters. The lowest BCUT2D eigenvalue weighted by atomic mass is 9.98. The molecule has 18 heavy (non-hydrogen) atoms. The van der Waals surface area contributed by atoms with Crippen LogP contribution in [0.25, 0.3) is 0 Å². The fourth-order valence-corrected chi connectivity index (χ4v) is 3.15. The largest absolute Gasteiger partial charge is 0.469 e. The second-order valence-corrected chi connectivity index (χ2v) is 5.45. The predicted octanol–water partition coefficient (Wildman–Crippen LogP) is 0.624. The van der Waals surface area contributed by atoms with Crippen molar-refractivity contribution < 1.29 is 19.1 Å². The summed E-state index contributed by atoms with van der Waals surface area (Å²) in [6, 6.07) is 0. The van der Waals surface area contributed by atoms with Crippen LogP contribution in [0, 0.1) is 11.8 Å². The fourth-order valence-electron chi connectivity index (χ4n) is 2.06. The molecule has 1 N–H and O–H groups in total. The van der Waals surface area contributed by atoms with Crippen LogP contribution in [0.1, 0.15) is 19.8 Å². The van der Waals surface area contributed by atoms with E-state index in [9.17, 15) is 14.4 Å². The van der Waals surface area contributed by atoms with Crippen LogP contribution in [-0.2, 0) is 19.1 Å². The maximum Gasteiger partial charge on any atom is 0.309 e. The van der Waals surface area contributed by atoms with Crippen molar-refractivity contribution in [2.24, 2.45) is 11.8 Å². The van der Waals surface area contributed by atoms with E-state index >= 15 is 0 Å². The van der Waals surface area contributed by atoms with Gasteiger partial charge >= 0.3 is 5.97 Å². The third kappa shape index (κ3) is 4.33. The zero-order valence-electron chi connectivity index (χ0n) is 10.7. The highest BCUT2D eigenvalue weighted by atomic mass is 32.2. The first-order valence-corrected chi connectivity index (χ1v) is 7.14. The van der Waals surface area contributed by atoms with Crippen LogP contribution in [-0.4, -0.2) is 42.8 Å². The van der Waals surface area contributed by atoms with Gasteiger partial charge < -0.3 is 10.1 Å². The smallest absolute Gasteiger partial charge is 0.309 e. The zero-order chi connectivity index (χ0) is 13.5. The molecule has 1 aliphatic rings. The number of methoxy groups -OCH3 is 1. The quantitative estimate of drug-likeness (QED) is 0.567. The van der Waals surface area contributed by atoms with E-state index in [2.05, 4.69) is 5.32 Å². The van der Waals surface area contributed by atoms with E-state index in [1.54, 1.807) is 11.8 Å². The molecule has 0 bridgehead atoms. The number of thioether (sulfide) groups is 1. The molecule has 2 unspecified atom stereocenters. The van der Waals surface area contributed by atoms with E-state index in [0.29, 0.717) is 25.1 Å². The van der Waals surface area contributed by atoms with Gasteiger partial charge in [0.25, 0.3) is 0 Å². The molecule has 1 amide bonds. The van der Waals surface area contributed by atoms with Gasteiger partial charge in [0.05, 0.1) is 13.0 Å². The van der Waals surface area contributed by atoms with Gasteiger partial charge in [0, 0.05) is 37.3 Å². The highest BCUT2D eigenvalue weighted by Crippen LogP contribution is 2.32. The molecule has 1 fully saturated rings. The Morgan fingerprint density at radius 2 is 2.22 bits per heavy atom. The Hall–Kier alpha value is -1.04. The molecule has 1 aliphatic carbocycles. The van der Waals surface area contributed by atoms with Gasteiger partial charge in [-0.15, -0.1) is 0 Å². The van der Waals surface area contributed by atoms with Gasteiger partial charge in [0.2, 0.25) is 5.91 Å². The fraction of sp³-hybridized carbons (Fsp3) is 0.750. The zero-order valence-corrected chi connectivity index (χ0v) is 11.5. The first kappa shape index (κ1) is 15.0. The maximum atomic E-state index is 11.7. The second-order valence-electron chi connectivity index (χ2n) is 4.30. The summed E-state index contributed by atoms with van der Waals surface area (Å²) in [4.78, 5) is 33.9. The molecule has 1 saturated carbocycles. The molecule has 0 heterocycles. The van der Waals surface area contributed by atoms with Gasteiger partial charge in [-0.1, -0.05) is 0 Å². The molecule has 0 radical (unpaired) electrons. The van der Waals surface area contributed by atoms with E-state index in [1.165, 1.54) is 14.0 Å². The van der Waals surface area contributed by atoms with Crippen molar-refractivity contribution in [1.82, 2.24) is 5.32 Å². The van der Waals surface area contributed by atoms with Gasteiger partial charge in [-0.2, -0.15) is 11.8 Å². The Balaban J connectivity index is 2.32. The van der Waals surface area contributed by atoms with Crippen molar-refractivity contribution in [3.05, 3.63) is 0 Å². The average Bonchev–Trinajstić information content (AvgIpc) is 2.69. The van der Waals surface area contributed by atoms with Crippen LogP contribution >= 0.6 is 11.8 Å². The van der Waals surface area contributed by atoms with Crippen LogP contribution in [0.2, 0.25) is 0 Å². The molecule has 6 heteroatoms. The number of carbonyl (C=O) groups is 3. The molecule has 5 nitrogen and oxygen atoms in total. The number of ketones is 1. The summed E-state index contributed by atoms with van der Waals surface area (Å²) in [7, 11) is 1.35. The topological polar surface area (TPSA) is 72.5 Å². The van der Waals surface area contributed by atoms with E-state index in [0.717, 1.165) is 5.75 Å². The minimum Gasteiger partial charge on any atom is -0.469 e. The second kappa shape index (κ2) is 7.41. The van der Waals surface area contributed by atoms with Crippen LogP contribution in [0.3, 0.4) is 0 Å². The lowest BCUT2D eigenvalue weighted by molar-refractivity contribution is -0.147. The lowest BCUT2D eigenvalue weighted by Gasteiger charge is -2.15. The molecular weight excluding hydrogens is 254 g/mol. The summed E-state index contributed by atoms with van der Waals surface area (Å²) < 4.78 is 4.71. The number of rotatable bonds is 6. The minimum absolute atomic E-state index is 0.0556. The minimum atomic E-state index is -0.284. The molecule has 0 spiro atoms. The van der Waals surface area contributed by atoms with E-state index in [-0.39, 0.29) is 29.5 Å². The Morgan fingerprint density at radius 3 is 2.83 bits per heavy atom. The molecule has 0 aromatic heterocycles. The van der Waals surface area contributed by atoms with Crippen LogP contribution < -0.4 is 5.32 Å². The van der Waals surface area contributed by atoms with Gasteiger partial charge in [-0.25, -0.2) is 0 Å². The number of esters is 1. The number of ether oxygens (including phenoxy) is 1. The van der Waals surface area contributed by atoms with E-state index in [1.807, 2.05) is 0 Å². The number of Topliss-reactive ketones (excluding diaryl/α,β-unsaturated/α-hetero) is 1. The van der Waals surface area contributed by atoms with Crippen molar-refractivity contribution in [3.63, 3.8) is 0 Å². The Kier molecular flexibility index (Phi) is 6.18. The van der Waals surface area contributed by atoms with Crippen LogP contribution in [0.15, 0.2) is 0 Å². The van der Waals surface area contributed by atoms with Gasteiger partial charge in [-0.05, 0) is 6.42 Å². The Bertz CT molecular complexity index is 332. The van der Waals surface area contributed by atoms with Crippen molar-refractivity contribution in [2.75, 3.05) is 25.2 Å². The number of hydrogen-bond acceptors (Lipinski definition) is 5. The highest BCUT2D eigenvalue weighted by Gasteiger charge is 2.39. The Morgan fingerprint density at radius 1 is 1.50 bits per heavy atom. The van der Waals surface area contributed by atoms with E-state index < -0.39 is 0 Å². The lowest BCUT2D eigenvalue weighted by Crippen LogP contribution is -2.27. The predicted molar refractivity (Wildman–Crippen MR) is 69.2 cm³/mol. The average molecular weight is 273 g/mol. The summed E-state index contributed by atoms with van der Waals surface area (Å²) in [5.74, 6) is 0.677. The number of nitrogens with one attached hydrogen (secondary N) is 1. The normalized spacial score (nSPS) is 22.9. The first-order chi connectivity index (χ1) is 8.56. The number of carbonyl (C=O) groups excluding carboxylic acids is 3. The monoisotopic (exact) mass is 273 g/mol. The van der Waals surface area contributed by atoms with E-state index in [4.69, 9.17) is 4.74 Å². The third-order valence-corrected chi connectivity index (χ3v) is 4.11. The SMILES string of the molecule is COC(=O)C1CCC(=O)C1CSCCNC(C)=O.